The minimum atomic E-state index is -1.60. The number of H-pyrrole nitrogens is 1. The number of rotatable bonds is 7. The van der Waals surface area contributed by atoms with Gasteiger partial charge in [0.1, 0.15) is 0 Å². The number of aromatic amines is 1. The number of aromatic nitrogens is 8. The van der Waals surface area contributed by atoms with Crippen molar-refractivity contribution in [1.29, 1.82) is 0 Å². The summed E-state index contributed by atoms with van der Waals surface area (Å²) in [5.41, 5.74) is 5.06. The van der Waals surface area contributed by atoms with Gasteiger partial charge in [-0.3, -0.25) is 4.98 Å². The zero-order valence-electron chi connectivity index (χ0n) is 23.0. The van der Waals surface area contributed by atoms with Crippen LogP contribution in [0.1, 0.15) is 39.3 Å². The highest BCUT2D eigenvalue weighted by Crippen LogP contribution is 2.41. The number of benzene rings is 2. The van der Waals surface area contributed by atoms with Gasteiger partial charge < -0.3 is 9.84 Å². The number of halogens is 1. The highest BCUT2D eigenvalue weighted by atomic mass is 35.5. The lowest BCUT2D eigenvalue weighted by Crippen LogP contribution is -2.32. The van der Waals surface area contributed by atoms with E-state index in [1.807, 2.05) is 73.1 Å². The number of hydrogen-bond acceptors (Lipinski definition) is 7. The molecule has 1 atom stereocenters. The van der Waals surface area contributed by atoms with E-state index in [1.165, 1.54) is 0 Å². The Labute approximate surface area is 241 Å². The molecule has 1 unspecified atom stereocenters. The molecule has 4 heterocycles. The Morgan fingerprint density at radius 3 is 2.54 bits per heavy atom. The topological polar surface area (TPSA) is 119 Å². The van der Waals surface area contributed by atoms with Crippen LogP contribution in [0.2, 0.25) is 5.02 Å². The Bertz CT molecular complexity index is 1870. The van der Waals surface area contributed by atoms with E-state index in [0.29, 0.717) is 50.7 Å². The smallest absolute Gasteiger partial charge is 0.312 e. The molecular formula is C30H28ClN8O2+. The molecule has 0 radical (unpaired) electrons. The summed E-state index contributed by atoms with van der Waals surface area (Å²) in [6, 6.07) is 17.4. The summed E-state index contributed by atoms with van der Waals surface area (Å²) in [6.45, 7) is 3.80. The van der Waals surface area contributed by atoms with Gasteiger partial charge in [0.15, 0.2) is 11.3 Å². The SMILES string of the molecule is COc1nc2ccc(C(O)(c3ccc(C)nc3C)c3cnnn3C)cc2c(Cl)c1Cc1ccc(-[n+]2cnc[nH]2)cc1. The molecule has 0 amide bonds. The molecular weight excluding hydrogens is 540 g/mol. The minimum Gasteiger partial charge on any atom is -0.481 e. The number of fused-ring (bicyclic) bond motifs is 1. The summed E-state index contributed by atoms with van der Waals surface area (Å²) in [5.74, 6) is 0.451. The lowest BCUT2D eigenvalue weighted by Gasteiger charge is -2.30. The Hall–Kier alpha value is -4.67. The molecule has 0 fully saturated rings. The molecule has 0 aliphatic carbocycles. The van der Waals surface area contributed by atoms with Crippen molar-refractivity contribution < 1.29 is 14.5 Å². The summed E-state index contributed by atoms with van der Waals surface area (Å²) >= 11 is 7.10. The van der Waals surface area contributed by atoms with Gasteiger partial charge in [-0.15, -0.1) is 9.78 Å². The first kappa shape index (κ1) is 26.5. The third-order valence-electron chi connectivity index (χ3n) is 7.34. The highest BCUT2D eigenvalue weighted by molar-refractivity contribution is 6.36. The quantitative estimate of drug-likeness (QED) is 0.281. The number of nitrogens with one attached hydrogen (secondary N) is 1. The Morgan fingerprint density at radius 2 is 1.88 bits per heavy atom. The van der Waals surface area contributed by atoms with Crippen molar-refractivity contribution in [1.82, 2.24) is 35.0 Å². The first-order valence-electron chi connectivity index (χ1n) is 13.0. The molecule has 0 spiro atoms. The lowest BCUT2D eigenvalue weighted by molar-refractivity contribution is -0.656. The maximum absolute atomic E-state index is 12.5. The first-order chi connectivity index (χ1) is 19.8. The van der Waals surface area contributed by atoms with Crippen LogP contribution >= 0.6 is 11.6 Å². The van der Waals surface area contributed by atoms with Crippen LogP contribution in [0.5, 0.6) is 5.88 Å². The van der Waals surface area contributed by atoms with Gasteiger partial charge in [0.05, 0.1) is 29.5 Å². The van der Waals surface area contributed by atoms with Crippen LogP contribution in [-0.2, 0) is 19.1 Å². The zero-order chi connectivity index (χ0) is 28.7. The number of nitrogens with zero attached hydrogens (tertiary/aromatic N) is 7. The van der Waals surface area contributed by atoms with Crippen LogP contribution in [0, 0.1) is 13.8 Å². The molecule has 4 aromatic heterocycles. The van der Waals surface area contributed by atoms with E-state index in [4.69, 9.17) is 21.3 Å². The molecule has 0 aliphatic rings. The standard InChI is InChI=1S/C30H27ClN8O2/c1-18-5-11-25(19(2)35-18)30(40,27-15-33-37-38(27)3)21-8-12-26-23(14-21)28(31)24(29(36-26)41-4)13-20-6-9-22(10-7-20)39-17-32-16-34-39/h5-12,14-17,40H,13H2,1-4H3/p+1. The molecule has 10 nitrogen and oxygen atoms in total. The van der Waals surface area contributed by atoms with Gasteiger partial charge in [-0.2, -0.15) is 5.10 Å². The predicted octanol–water partition coefficient (Wildman–Crippen LogP) is 3.91. The molecule has 0 bridgehead atoms. The Morgan fingerprint density at radius 1 is 1.07 bits per heavy atom. The van der Waals surface area contributed by atoms with Crippen molar-refractivity contribution in [3.8, 4) is 11.6 Å². The van der Waals surface area contributed by atoms with Crippen molar-refractivity contribution in [3.63, 3.8) is 0 Å². The average Bonchev–Trinajstić information content (AvgIpc) is 3.67. The number of pyridine rings is 2. The molecule has 206 valence electrons. The van der Waals surface area contributed by atoms with Gasteiger partial charge in [0.25, 0.3) is 0 Å². The number of methoxy groups -OCH3 is 1. The van der Waals surface area contributed by atoms with Crippen LogP contribution in [0.3, 0.4) is 0 Å². The van der Waals surface area contributed by atoms with Crippen LogP contribution in [0.15, 0.2) is 73.4 Å². The molecule has 2 N–H and O–H groups in total. The number of aryl methyl sites for hydroxylation is 3. The summed E-state index contributed by atoms with van der Waals surface area (Å²) in [5, 5.41) is 24.9. The van der Waals surface area contributed by atoms with E-state index in [0.717, 1.165) is 22.5 Å². The van der Waals surface area contributed by atoms with E-state index >= 15 is 0 Å². The third-order valence-corrected chi connectivity index (χ3v) is 7.77. The second kappa shape index (κ2) is 10.4. The van der Waals surface area contributed by atoms with Crippen molar-refractivity contribution in [2.45, 2.75) is 25.9 Å². The summed E-state index contributed by atoms with van der Waals surface area (Å²) in [4.78, 5) is 13.4. The molecule has 41 heavy (non-hydrogen) atoms. The van der Waals surface area contributed by atoms with Gasteiger partial charge in [-0.05, 0) is 60.3 Å². The van der Waals surface area contributed by atoms with Crippen molar-refractivity contribution >= 4 is 22.5 Å². The van der Waals surface area contributed by atoms with Gasteiger partial charge >= 0.3 is 6.33 Å². The fourth-order valence-electron chi connectivity index (χ4n) is 5.27. The van der Waals surface area contributed by atoms with E-state index < -0.39 is 5.60 Å². The summed E-state index contributed by atoms with van der Waals surface area (Å²) in [7, 11) is 3.33. The van der Waals surface area contributed by atoms with Gasteiger partial charge in [-0.1, -0.05) is 41.1 Å². The lowest BCUT2D eigenvalue weighted by atomic mass is 9.82. The largest absolute Gasteiger partial charge is 0.481 e. The highest BCUT2D eigenvalue weighted by Gasteiger charge is 2.39. The van der Waals surface area contributed by atoms with Crippen molar-refractivity contribution in [2.24, 2.45) is 7.05 Å². The zero-order valence-corrected chi connectivity index (χ0v) is 23.8. The van der Waals surface area contributed by atoms with Crippen LogP contribution in [-0.4, -0.2) is 47.3 Å². The second-order valence-electron chi connectivity index (χ2n) is 9.92. The normalized spacial score (nSPS) is 12.9. The van der Waals surface area contributed by atoms with Gasteiger partial charge in [-0.25, -0.2) is 9.67 Å². The van der Waals surface area contributed by atoms with Gasteiger partial charge in [0.2, 0.25) is 12.2 Å². The maximum Gasteiger partial charge on any atom is 0.312 e. The van der Waals surface area contributed by atoms with E-state index in [9.17, 15) is 5.11 Å². The third kappa shape index (κ3) is 4.60. The average molecular weight is 568 g/mol. The molecule has 0 saturated heterocycles. The van der Waals surface area contributed by atoms with E-state index in [-0.39, 0.29) is 0 Å². The minimum absolute atomic E-state index is 0.451. The number of aliphatic hydroxyl groups is 1. The maximum atomic E-state index is 12.5. The van der Waals surface area contributed by atoms with E-state index in [1.54, 1.807) is 37.7 Å². The first-order valence-corrected chi connectivity index (χ1v) is 13.4. The Kier molecular flexibility index (Phi) is 6.72. The second-order valence-corrected chi connectivity index (χ2v) is 10.3. The molecule has 0 saturated carbocycles. The van der Waals surface area contributed by atoms with E-state index in [2.05, 4.69) is 25.4 Å². The number of ether oxygens (including phenoxy) is 1. The van der Waals surface area contributed by atoms with Crippen LogP contribution < -0.4 is 9.42 Å². The number of hydrogen-bond donors (Lipinski definition) is 2. The molecule has 6 rings (SSSR count). The van der Waals surface area contributed by atoms with Crippen LogP contribution in [0.4, 0.5) is 0 Å². The molecule has 11 heteroatoms. The van der Waals surface area contributed by atoms with Crippen molar-refractivity contribution in [2.75, 3.05) is 7.11 Å². The predicted molar refractivity (Wildman–Crippen MR) is 153 cm³/mol. The van der Waals surface area contributed by atoms with Crippen LogP contribution in [0.25, 0.3) is 16.6 Å². The summed E-state index contributed by atoms with van der Waals surface area (Å²) in [6.07, 6.45) is 5.39. The molecule has 6 aromatic rings. The van der Waals surface area contributed by atoms with Crippen molar-refractivity contribution in [3.05, 3.63) is 118 Å². The molecule has 2 aromatic carbocycles. The fraction of sp³-hybridized carbons (Fsp3) is 0.200. The van der Waals surface area contributed by atoms with Gasteiger partial charge in [0, 0.05) is 41.4 Å². The summed E-state index contributed by atoms with van der Waals surface area (Å²) < 4.78 is 9.05. The fourth-order valence-corrected chi connectivity index (χ4v) is 5.56. The molecule has 0 aliphatic heterocycles. The monoisotopic (exact) mass is 567 g/mol. The Balaban J connectivity index is 1.48.